The van der Waals surface area contributed by atoms with Crippen molar-refractivity contribution < 1.29 is 9.53 Å². The van der Waals surface area contributed by atoms with E-state index in [0.29, 0.717) is 46.3 Å². The quantitative estimate of drug-likeness (QED) is 0.370. The van der Waals surface area contributed by atoms with Crippen LogP contribution in [0.2, 0.25) is 0 Å². The average molecular weight is 525 g/mol. The van der Waals surface area contributed by atoms with Crippen LogP contribution < -0.4 is 25.8 Å². The molecule has 1 spiro atoms. The van der Waals surface area contributed by atoms with Crippen LogP contribution in [0.15, 0.2) is 54.0 Å². The lowest BCUT2D eigenvalue weighted by Crippen LogP contribution is -2.39. The molecule has 0 saturated heterocycles. The molecular weight excluding hydrogens is 496 g/mol. The number of anilines is 3. The second-order valence-electron chi connectivity index (χ2n) is 10.2. The van der Waals surface area contributed by atoms with E-state index in [1.54, 1.807) is 27.8 Å². The number of nitrogens with one attached hydrogen (secondary N) is 2. The highest BCUT2D eigenvalue weighted by atomic mass is 16.5. The van der Waals surface area contributed by atoms with E-state index in [4.69, 9.17) is 14.7 Å². The first-order valence-corrected chi connectivity index (χ1v) is 13.2. The third kappa shape index (κ3) is 3.72. The number of fused-ring (bicyclic) bond motifs is 4. The number of aromatic nitrogens is 5. The van der Waals surface area contributed by atoms with Crippen molar-refractivity contribution in [2.24, 2.45) is 0 Å². The Morgan fingerprint density at radius 1 is 1.21 bits per heavy atom. The fraction of sp³-hybridized carbons (Fsp3) is 0.321. The highest BCUT2D eigenvalue weighted by molar-refractivity contribution is 5.96. The third-order valence-corrected chi connectivity index (χ3v) is 7.81. The first-order valence-electron chi connectivity index (χ1n) is 13.2. The molecule has 1 aliphatic carbocycles. The molecule has 5 heterocycles. The van der Waals surface area contributed by atoms with Crippen molar-refractivity contribution in [1.82, 2.24) is 29.6 Å². The highest BCUT2D eigenvalue weighted by Gasteiger charge is 2.46. The van der Waals surface area contributed by atoms with Crippen LogP contribution in [-0.4, -0.2) is 49.9 Å². The van der Waals surface area contributed by atoms with Gasteiger partial charge in [-0.05, 0) is 55.2 Å². The van der Waals surface area contributed by atoms with Gasteiger partial charge in [0.1, 0.15) is 5.39 Å². The Hall–Kier alpha value is -4.51. The minimum Gasteiger partial charge on any atom is -0.480 e. The van der Waals surface area contributed by atoms with Gasteiger partial charge < -0.3 is 15.4 Å². The monoisotopic (exact) mass is 524 g/mol. The van der Waals surface area contributed by atoms with Gasteiger partial charge in [0.2, 0.25) is 5.95 Å². The minimum atomic E-state index is -0.259. The summed E-state index contributed by atoms with van der Waals surface area (Å²) in [7, 11) is 0. The number of carbonyl (C=O) groups is 1. The zero-order valence-electron chi connectivity index (χ0n) is 21.6. The van der Waals surface area contributed by atoms with E-state index in [1.807, 2.05) is 6.92 Å². The zero-order valence-corrected chi connectivity index (χ0v) is 21.6. The van der Waals surface area contributed by atoms with E-state index in [9.17, 15) is 9.59 Å². The Balaban J connectivity index is 1.32. The van der Waals surface area contributed by atoms with Gasteiger partial charge in [-0.15, -0.1) is 6.58 Å². The third-order valence-electron chi connectivity index (χ3n) is 7.81. The Morgan fingerprint density at radius 3 is 2.87 bits per heavy atom. The number of amides is 1. The summed E-state index contributed by atoms with van der Waals surface area (Å²) < 4.78 is 8.74. The average Bonchev–Trinajstić information content (AvgIpc) is 3.66. The maximum absolute atomic E-state index is 13.3. The van der Waals surface area contributed by atoms with E-state index in [1.165, 1.54) is 34.8 Å². The van der Waals surface area contributed by atoms with Crippen molar-refractivity contribution >= 4 is 34.4 Å². The van der Waals surface area contributed by atoms with E-state index >= 15 is 0 Å². The number of ether oxygens (including phenoxy) is 1. The first-order chi connectivity index (χ1) is 19.0. The lowest BCUT2D eigenvalue weighted by atomic mass is 9.88. The summed E-state index contributed by atoms with van der Waals surface area (Å²) in [5, 5.41) is 7.21. The van der Waals surface area contributed by atoms with Gasteiger partial charge in [0, 0.05) is 36.9 Å². The molecule has 39 heavy (non-hydrogen) atoms. The summed E-state index contributed by atoms with van der Waals surface area (Å²) in [6.07, 6.45) is 5.63. The number of allylic oxidation sites excluding steroid dienone is 1. The maximum atomic E-state index is 13.3. The van der Waals surface area contributed by atoms with Crippen molar-refractivity contribution in [2.45, 2.75) is 38.3 Å². The fourth-order valence-corrected chi connectivity index (χ4v) is 5.71. The predicted molar refractivity (Wildman–Crippen MR) is 147 cm³/mol. The van der Waals surface area contributed by atoms with E-state index in [2.05, 4.69) is 40.4 Å². The molecule has 3 aromatic heterocycles. The highest BCUT2D eigenvalue weighted by Crippen LogP contribution is 2.50. The Morgan fingerprint density at radius 2 is 2.08 bits per heavy atom. The van der Waals surface area contributed by atoms with E-state index < -0.39 is 0 Å². The molecule has 198 valence electrons. The summed E-state index contributed by atoms with van der Waals surface area (Å²) in [5.74, 6) is 1.55. The lowest BCUT2D eigenvalue weighted by Gasteiger charge is -2.27. The first kappa shape index (κ1) is 23.6. The zero-order chi connectivity index (χ0) is 26.7. The van der Waals surface area contributed by atoms with Crippen LogP contribution in [0, 0.1) is 0 Å². The SMILES string of the molecule is C=CCn1c(=O)c2cnc(Nc3ccc4c(c3)CNCC43CC3)nc2n1-c1ccc2c(n1)N(CC)C(=O)CO2. The van der Waals surface area contributed by atoms with Gasteiger partial charge in [-0.2, -0.15) is 4.98 Å². The largest absolute Gasteiger partial charge is 0.480 e. The summed E-state index contributed by atoms with van der Waals surface area (Å²) in [4.78, 5) is 41.3. The van der Waals surface area contributed by atoms with Gasteiger partial charge in [0.15, 0.2) is 29.6 Å². The van der Waals surface area contributed by atoms with Gasteiger partial charge in [0.05, 0.1) is 6.54 Å². The standard InChI is InChI=1S/C28H28N8O3/c1-3-11-35-26(38)19-14-30-27(31-18-5-6-20-17(12-18)13-29-16-28(20)9-10-28)33-24(19)36(35)22-8-7-21-25(32-22)34(4-2)23(37)15-39-21/h3,5-8,12,14,29H,1,4,9-11,13,15-16H2,2H3,(H,30,31,33). The Kier molecular flexibility index (Phi) is 5.31. The molecule has 0 unspecified atom stereocenters. The van der Waals surface area contributed by atoms with Crippen LogP contribution in [0.5, 0.6) is 5.75 Å². The summed E-state index contributed by atoms with van der Waals surface area (Å²) in [6, 6.07) is 9.93. The number of likely N-dealkylation sites (N-methyl/N-ethyl adjacent to an activating group) is 1. The van der Waals surface area contributed by atoms with Crippen LogP contribution in [0.1, 0.15) is 30.9 Å². The topological polar surface area (TPSA) is 119 Å². The number of rotatable bonds is 6. The van der Waals surface area contributed by atoms with Crippen molar-refractivity contribution in [1.29, 1.82) is 0 Å². The lowest BCUT2D eigenvalue weighted by molar-refractivity contribution is -0.121. The van der Waals surface area contributed by atoms with Crippen molar-refractivity contribution in [3.8, 4) is 11.6 Å². The maximum Gasteiger partial charge on any atom is 0.278 e. The van der Waals surface area contributed by atoms with Gasteiger partial charge in [-0.3, -0.25) is 14.5 Å². The predicted octanol–water partition coefficient (Wildman–Crippen LogP) is 2.79. The number of carbonyl (C=O) groups excluding carboxylic acids is 1. The number of hydrogen-bond donors (Lipinski definition) is 2. The molecule has 1 fully saturated rings. The number of benzene rings is 1. The van der Waals surface area contributed by atoms with Gasteiger partial charge in [-0.1, -0.05) is 12.1 Å². The normalized spacial score (nSPS) is 17.1. The summed E-state index contributed by atoms with van der Waals surface area (Å²) >= 11 is 0. The molecular formula is C28H28N8O3. The van der Waals surface area contributed by atoms with Crippen molar-refractivity contribution in [3.05, 3.63) is 70.7 Å². The van der Waals surface area contributed by atoms with Crippen LogP contribution in [-0.2, 0) is 23.3 Å². The van der Waals surface area contributed by atoms with E-state index in [-0.39, 0.29) is 24.6 Å². The summed E-state index contributed by atoms with van der Waals surface area (Å²) in [6.45, 7) is 8.23. The second kappa shape index (κ2) is 8.77. The number of nitrogens with zero attached hydrogens (tertiary/aromatic N) is 6. The van der Waals surface area contributed by atoms with Gasteiger partial charge in [0.25, 0.3) is 11.5 Å². The van der Waals surface area contributed by atoms with Crippen LogP contribution in [0.25, 0.3) is 16.9 Å². The second-order valence-corrected chi connectivity index (χ2v) is 10.2. The van der Waals surface area contributed by atoms with E-state index in [0.717, 1.165) is 18.8 Å². The molecule has 1 aromatic carbocycles. The Bertz CT molecular complexity index is 1720. The van der Waals surface area contributed by atoms with Crippen molar-refractivity contribution in [2.75, 3.05) is 29.9 Å². The molecule has 11 heteroatoms. The fourth-order valence-electron chi connectivity index (χ4n) is 5.71. The molecule has 4 aromatic rings. The molecule has 2 aliphatic heterocycles. The smallest absolute Gasteiger partial charge is 0.278 e. The molecule has 0 atom stereocenters. The Labute approximate surface area is 224 Å². The number of hydrogen-bond acceptors (Lipinski definition) is 8. The molecule has 11 nitrogen and oxygen atoms in total. The molecule has 7 rings (SSSR count). The van der Waals surface area contributed by atoms with Crippen LogP contribution in [0.4, 0.5) is 17.5 Å². The van der Waals surface area contributed by atoms with Gasteiger partial charge >= 0.3 is 0 Å². The van der Waals surface area contributed by atoms with Crippen molar-refractivity contribution in [3.63, 3.8) is 0 Å². The van der Waals surface area contributed by atoms with Crippen LogP contribution >= 0.6 is 0 Å². The minimum absolute atomic E-state index is 0.0303. The summed E-state index contributed by atoms with van der Waals surface area (Å²) in [5.41, 5.74) is 4.04. The van der Waals surface area contributed by atoms with Gasteiger partial charge in [-0.25, -0.2) is 19.3 Å². The molecule has 0 bridgehead atoms. The molecule has 2 N–H and O–H groups in total. The molecule has 1 saturated carbocycles. The molecule has 0 radical (unpaired) electrons. The van der Waals surface area contributed by atoms with Crippen LogP contribution in [0.3, 0.4) is 0 Å². The molecule has 3 aliphatic rings. The molecule has 1 amide bonds. The number of pyridine rings is 1.